The third-order valence-corrected chi connectivity index (χ3v) is 4.02. The molecule has 1 aliphatic heterocycles. The van der Waals surface area contributed by atoms with Crippen LogP contribution in [0.15, 0.2) is 24.5 Å². The van der Waals surface area contributed by atoms with E-state index in [0.717, 1.165) is 29.9 Å². The van der Waals surface area contributed by atoms with Crippen LogP contribution in [0.4, 0.5) is 5.69 Å². The van der Waals surface area contributed by atoms with Gasteiger partial charge in [-0.2, -0.15) is 0 Å². The standard InChI is InChI=1S/C15H22N6/c1-11-5-6-14(9-15(11)21-10-17-19-20-21)18-12(2)8-13-4-3-7-16-13/h5-6,9-10,12-13,16,18H,3-4,7-8H2,1-2H3. The zero-order chi connectivity index (χ0) is 14.7. The molecule has 2 unspecified atom stereocenters. The molecule has 0 spiro atoms. The maximum absolute atomic E-state index is 3.97. The van der Waals surface area contributed by atoms with E-state index in [-0.39, 0.29) is 0 Å². The number of nitrogens with one attached hydrogen (secondary N) is 2. The van der Waals surface area contributed by atoms with Gasteiger partial charge in [0.25, 0.3) is 0 Å². The van der Waals surface area contributed by atoms with Crippen LogP contribution in [0, 0.1) is 6.92 Å². The van der Waals surface area contributed by atoms with Crippen LogP contribution in [0.5, 0.6) is 0 Å². The van der Waals surface area contributed by atoms with Crippen molar-refractivity contribution in [2.45, 2.75) is 45.2 Å². The lowest BCUT2D eigenvalue weighted by molar-refractivity contribution is 0.523. The molecule has 0 radical (unpaired) electrons. The molecule has 2 aromatic rings. The Kier molecular flexibility index (Phi) is 4.15. The average molecular weight is 286 g/mol. The maximum Gasteiger partial charge on any atom is 0.143 e. The number of aromatic nitrogens is 4. The number of tetrazole rings is 1. The molecule has 0 amide bonds. The predicted octanol–water partition coefficient (Wildman–Crippen LogP) is 1.91. The second-order valence-corrected chi connectivity index (χ2v) is 5.83. The van der Waals surface area contributed by atoms with Gasteiger partial charge in [-0.25, -0.2) is 4.68 Å². The van der Waals surface area contributed by atoms with Gasteiger partial charge in [-0.1, -0.05) is 6.07 Å². The van der Waals surface area contributed by atoms with E-state index in [4.69, 9.17) is 0 Å². The van der Waals surface area contributed by atoms with Gasteiger partial charge in [0, 0.05) is 17.8 Å². The maximum atomic E-state index is 3.97. The van der Waals surface area contributed by atoms with Crippen molar-refractivity contribution < 1.29 is 0 Å². The molecule has 6 heteroatoms. The third-order valence-electron chi connectivity index (χ3n) is 4.02. The lowest BCUT2D eigenvalue weighted by atomic mass is 10.1. The summed E-state index contributed by atoms with van der Waals surface area (Å²) in [7, 11) is 0. The van der Waals surface area contributed by atoms with Gasteiger partial charge in [0.1, 0.15) is 6.33 Å². The van der Waals surface area contributed by atoms with E-state index in [1.807, 2.05) is 0 Å². The quantitative estimate of drug-likeness (QED) is 0.879. The Balaban J connectivity index is 1.69. The summed E-state index contributed by atoms with van der Waals surface area (Å²) in [6.07, 6.45) is 5.35. The number of rotatable bonds is 5. The fourth-order valence-electron chi connectivity index (χ4n) is 2.95. The number of nitrogens with zero attached hydrogens (tertiary/aromatic N) is 4. The lowest BCUT2D eigenvalue weighted by Gasteiger charge is -2.20. The van der Waals surface area contributed by atoms with E-state index in [0.29, 0.717) is 12.1 Å². The van der Waals surface area contributed by atoms with Crippen LogP contribution >= 0.6 is 0 Å². The van der Waals surface area contributed by atoms with Gasteiger partial charge < -0.3 is 10.6 Å². The van der Waals surface area contributed by atoms with E-state index < -0.39 is 0 Å². The molecule has 0 aliphatic carbocycles. The van der Waals surface area contributed by atoms with E-state index in [1.54, 1.807) is 11.0 Å². The van der Waals surface area contributed by atoms with Crippen molar-refractivity contribution >= 4 is 5.69 Å². The molecule has 2 atom stereocenters. The van der Waals surface area contributed by atoms with Gasteiger partial charge in [-0.05, 0) is 67.8 Å². The Hall–Kier alpha value is -1.95. The first-order chi connectivity index (χ1) is 10.2. The molecule has 1 aromatic carbocycles. The molecule has 2 heterocycles. The Labute approximate surface area is 124 Å². The fourth-order valence-corrected chi connectivity index (χ4v) is 2.95. The summed E-state index contributed by atoms with van der Waals surface area (Å²) in [6, 6.07) is 7.40. The average Bonchev–Trinajstić information content (AvgIpc) is 3.13. The van der Waals surface area contributed by atoms with Gasteiger partial charge in [0.2, 0.25) is 0 Å². The van der Waals surface area contributed by atoms with Crippen LogP contribution in [0.2, 0.25) is 0 Å². The molecule has 1 fully saturated rings. The summed E-state index contributed by atoms with van der Waals surface area (Å²) in [5.41, 5.74) is 3.27. The Morgan fingerprint density at radius 1 is 1.48 bits per heavy atom. The van der Waals surface area contributed by atoms with Crippen LogP contribution in [0.1, 0.15) is 31.7 Å². The lowest BCUT2D eigenvalue weighted by Crippen LogP contribution is -2.29. The van der Waals surface area contributed by atoms with E-state index >= 15 is 0 Å². The van der Waals surface area contributed by atoms with Crippen molar-refractivity contribution in [2.24, 2.45) is 0 Å². The van der Waals surface area contributed by atoms with Gasteiger partial charge in [-0.15, -0.1) is 5.10 Å². The van der Waals surface area contributed by atoms with E-state index in [2.05, 4.69) is 58.2 Å². The summed E-state index contributed by atoms with van der Waals surface area (Å²) < 4.78 is 1.70. The van der Waals surface area contributed by atoms with Crippen molar-refractivity contribution in [3.05, 3.63) is 30.1 Å². The largest absolute Gasteiger partial charge is 0.382 e. The Morgan fingerprint density at radius 3 is 3.10 bits per heavy atom. The fraction of sp³-hybridized carbons (Fsp3) is 0.533. The normalized spacial score (nSPS) is 19.6. The van der Waals surface area contributed by atoms with Gasteiger partial charge in [0.15, 0.2) is 0 Å². The highest BCUT2D eigenvalue weighted by Gasteiger charge is 2.17. The third kappa shape index (κ3) is 3.39. The molecule has 0 saturated carbocycles. The zero-order valence-corrected chi connectivity index (χ0v) is 12.6. The Bertz CT molecular complexity index is 574. The van der Waals surface area contributed by atoms with Crippen molar-refractivity contribution in [1.29, 1.82) is 0 Å². The molecule has 1 saturated heterocycles. The highest BCUT2D eigenvalue weighted by atomic mass is 15.5. The Morgan fingerprint density at radius 2 is 2.38 bits per heavy atom. The second-order valence-electron chi connectivity index (χ2n) is 5.83. The summed E-state index contributed by atoms with van der Waals surface area (Å²) in [5, 5.41) is 18.5. The minimum absolute atomic E-state index is 0.435. The van der Waals surface area contributed by atoms with E-state index in [9.17, 15) is 0 Å². The monoisotopic (exact) mass is 286 g/mol. The number of aryl methyl sites for hydroxylation is 1. The topological polar surface area (TPSA) is 67.7 Å². The van der Waals surface area contributed by atoms with Crippen LogP contribution in [0.25, 0.3) is 5.69 Å². The first-order valence-corrected chi connectivity index (χ1v) is 7.56. The van der Waals surface area contributed by atoms with Crippen LogP contribution < -0.4 is 10.6 Å². The summed E-state index contributed by atoms with van der Waals surface area (Å²) >= 11 is 0. The summed E-state index contributed by atoms with van der Waals surface area (Å²) in [6.45, 7) is 5.45. The molecule has 2 N–H and O–H groups in total. The molecular weight excluding hydrogens is 264 g/mol. The van der Waals surface area contributed by atoms with Crippen molar-refractivity contribution in [3.8, 4) is 5.69 Å². The van der Waals surface area contributed by atoms with Crippen LogP contribution in [-0.2, 0) is 0 Å². The van der Waals surface area contributed by atoms with Crippen molar-refractivity contribution in [2.75, 3.05) is 11.9 Å². The van der Waals surface area contributed by atoms with E-state index in [1.165, 1.54) is 12.8 Å². The molecule has 6 nitrogen and oxygen atoms in total. The smallest absolute Gasteiger partial charge is 0.143 e. The number of hydrogen-bond acceptors (Lipinski definition) is 5. The highest BCUT2D eigenvalue weighted by molar-refractivity contribution is 5.54. The number of anilines is 1. The molecule has 1 aliphatic rings. The highest BCUT2D eigenvalue weighted by Crippen LogP contribution is 2.20. The van der Waals surface area contributed by atoms with Crippen LogP contribution in [-0.4, -0.2) is 38.8 Å². The SMILES string of the molecule is Cc1ccc(NC(C)CC2CCCN2)cc1-n1cnnn1. The van der Waals surface area contributed by atoms with Crippen molar-refractivity contribution in [1.82, 2.24) is 25.5 Å². The minimum Gasteiger partial charge on any atom is -0.382 e. The number of hydrogen-bond donors (Lipinski definition) is 2. The molecular formula is C15H22N6. The molecule has 3 rings (SSSR count). The number of benzene rings is 1. The zero-order valence-electron chi connectivity index (χ0n) is 12.6. The molecule has 1 aromatic heterocycles. The first kappa shape index (κ1) is 14.0. The predicted molar refractivity (Wildman–Crippen MR) is 82.6 cm³/mol. The summed E-state index contributed by atoms with van der Waals surface area (Å²) in [5.74, 6) is 0. The van der Waals surface area contributed by atoms with Gasteiger partial charge >= 0.3 is 0 Å². The van der Waals surface area contributed by atoms with Crippen molar-refractivity contribution in [3.63, 3.8) is 0 Å². The molecule has 0 bridgehead atoms. The van der Waals surface area contributed by atoms with Crippen LogP contribution in [0.3, 0.4) is 0 Å². The molecule has 112 valence electrons. The van der Waals surface area contributed by atoms with Gasteiger partial charge in [0.05, 0.1) is 5.69 Å². The molecule has 21 heavy (non-hydrogen) atoms. The van der Waals surface area contributed by atoms with Gasteiger partial charge in [-0.3, -0.25) is 0 Å². The summed E-state index contributed by atoms with van der Waals surface area (Å²) in [4.78, 5) is 0. The second kappa shape index (κ2) is 6.22. The first-order valence-electron chi connectivity index (χ1n) is 7.56. The minimum atomic E-state index is 0.435.